The maximum absolute atomic E-state index is 12.4. The average molecular weight is 284 g/mol. The van der Waals surface area contributed by atoms with E-state index >= 15 is 0 Å². The van der Waals surface area contributed by atoms with Gasteiger partial charge in [0.15, 0.2) is 0 Å². The number of phenols is 1. The monoisotopic (exact) mass is 284 g/mol. The molecule has 1 atom stereocenters. The number of benzene rings is 2. The Morgan fingerprint density at radius 1 is 1.19 bits per heavy atom. The molecule has 2 rings (SSSR count). The molecule has 4 N–H and O–H groups in total. The Morgan fingerprint density at radius 3 is 2.48 bits per heavy atom. The molecular weight excluding hydrogens is 264 g/mol. The van der Waals surface area contributed by atoms with Crippen LogP contribution in [0.5, 0.6) is 5.75 Å². The van der Waals surface area contributed by atoms with Crippen molar-refractivity contribution in [2.45, 2.75) is 19.4 Å². The molecule has 2 aromatic carbocycles. The van der Waals surface area contributed by atoms with Gasteiger partial charge in [-0.15, -0.1) is 0 Å². The van der Waals surface area contributed by atoms with E-state index in [0.29, 0.717) is 5.56 Å². The van der Waals surface area contributed by atoms with Crippen LogP contribution >= 0.6 is 0 Å². The summed E-state index contributed by atoms with van der Waals surface area (Å²) in [6, 6.07) is 14.7. The van der Waals surface area contributed by atoms with Gasteiger partial charge in [-0.3, -0.25) is 4.79 Å². The summed E-state index contributed by atoms with van der Waals surface area (Å²) >= 11 is 0. The smallest absolute Gasteiger partial charge is 0.255 e. The number of nitrogens with two attached hydrogens (primary N) is 1. The van der Waals surface area contributed by atoms with Gasteiger partial charge in [0.05, 0.1) is 11.1 Å². The number of para-hydroxylation sites is 1. The molecule has 2 aromatic rings. The first-order valence-electron chi connectivity index (χ1n) is 6.84. The molecule has 0 aromatic heterocycles. The third-order valence-corrected chi connectivity index (χ3v) is 3.69. The Balaban J connectivity index is 2.30. The number of aromatic hydroxyl groups is 1. The molecule has 0 bridgehead atoms. The van der Waals surface area contributed by atoms with Crippen LogP contribution in [0.4, 0.5) is 0 Å². The Labute approximate surface area is 124 Å². The second kappa shape index (κ2) is 5.97. The number of hydrogen-bond donors (Lipinski definition) is 3. The first-order chi connectivity index (χ1) is 9.98. The first kappa shape index (κ1) is 15.1. The lowest BCUT2D eigenvalue weighted by Gasteiger charge is -2.30. The highest BCUT2D eigenvalue weighted by atomic mass is 16.3. The van der Waals surface area contributed by atoms with Gasteiger partial charge in [-0.2, -0.15) is 0 Å². The minimum Gasteiger partial charge on any atom is -0.507 e. The van der Waals surface area contributed by atoms with Gasteiger partial charge in [0.1, 0.15) is 5.75 Å². The van der Waals surface area contributed by atoms with E-state index < -0.39 is 5.54 Å². The number of carbonyl (C=O) groups is 1. The van der Waals surface area contributed by atoms with Gasteiger partial charge >= 0.3 is 0 Å². The number of rotatable bonds is 4. The molecule has 4 nitrogen and oxygen atoms in total. The maximum atomic E-state index is 12.4. The van der Waals surface area contributed by atoms with E-state index in [1.807, 2.05) is 37.3 Å². The summed E-state index contributed by atoms with van der Waals surface area (Å²) in [6.07, 6.45) is 0. The van der Waals surface area contributed by atoms with Gasteiger partial charge in [0.25, 0.3) is 5.91 Å². The first-order valence-corrected chi connectivity index (χ1v) is 6.84. The van der Waals surface area contributed by atoms with Crippen LogP contribution in [0, 0.1) is 6.92 Å². The summed E-state index contributed by atoms with van der Waals surface area (Å²) in [5.41, 5.74) is 7.01. The minimum atomic E-state index is -0.686. The van der Waals surface area contributed by atoms with Crippen molar-refractivity contribution >= 4 is 5.91 Å². The highest BCUT2D eigenvalue weighted by molar-refractivity contribution is 5.97. The third kappa shape index (κ3) is 3.06. The van der Waals surface area contributed by atoms with Gasteiger partial charge in [0, 0.05) is 6.54 Å². The van der Waals surface area contributed by atoms with Crippen molar-refractivity contribution in [3.63, 3.8) is 0 Å². The number of nitrogens with one attached hydrogen (secondary N) is 1. The molecule has 0 fully saturated rings. The lowest BCUT2D eigenvalue weighted by atomic mass is 9.91. The van der Waals surface area contributed by atoms with Gasteiger partial charge < -0.3 is 16.2 Å². The van der Waals surface area contributed by atoms with Crippen LogP contribution in [0.25, 0.3) is 0 Å². The lowest BCUT2D eigenvalue weighted by molar-refractivity contribution is 0.0904. The number of phenolic OH excluding ortho intramolecular Hbond substituents is 1. The lowest BCUT2D eigenvalue weighted by Crippen LogP contribution is -2.48. The van der Waals surface area contributed by atoms with Crippen molar-refractivity contribution in [2.75, 3.05) is 6.54 Å². The number of aryl methyl sites for hydroxylation is 1. The van der Waals surface area contributed by atoms with Crippen molar-refractivity contribution in [1.29, 1.82) is 0 Å². The van der Waals surface area contributed by atoms with E-state index in [9.17, 15) is 9.90 Å². The molecule has 0 aliphatic rings. The molecule has 0 aliphatic heterocycles. The zero-order valence-electron chi connectivity index (χ0n) is 12.3. The largest absolute Gasteiger partial charge is 0.507 e. The standard InChI is InChI=1S/C17H20N2O2/c1-12-7-6-10-14(15(12)20)16(21)19-17(2,11-18)13-8-4-3-5-9-13/h3-10,20H,11,18H2,1-2H3,(H,19,21). The van der Waals surface area contributed by atoms with Gasteiger partial charge in [-0.1, -0.05) is 42.5 Å². The summed E-state index contributed by atoms with van der Waals surface area (Å²) in [5, 5.41) is 12.9. The fourth-order valence-electron chi connectivity index (χ4n) is 2.21. The zero-order valence-corrected chi connectivity index (χ0v) is 12.3. The Morgan fingerprint density at radius 2 is 1.86 bits per heavy atom. The zero-order chi connectivity index (χ0) is 15.5. The fourth-order valence-corrected chi connectivity index (χ4v) is 2.21. The van der Waals surface area contributed by atoms with E-state index in [4.69, 9.17) is 5.73 Å². The Hall–Kier alpha value is -2.33. The quantitative estimate of drug-likeness (QED) is 0.806. The molecule has 0 heterocycles. The third-order valence-electron chi connectivity index (χ3n) is 3.69. The summed E-state index contributed by atoms with van der Waals surface area (Å²) in [5.74, 6) is -0.338. The molecule has 1 amide bonds. The number of hydrogen-bond acceptors (Lipinski definition) is 3. The van der Waals surface area contributed by atoms with Crippen LogP contribution in [-0.2, 0) is 5.54 Å². The van der Waals surface area contributed by atoms with Crippen molar-refractivity contribution in [2.24, 2.45) is 5.73 Å². The fraction of sp³-hybridized carbons (Fsp3) is 0.235. The van der Waals surface area contributed by atoms with Gasteiger partial charge in [0.2, 0.25) is 0 Å². The summed E-state index contributed by atoms with van der Waals surface area (Å²) in [7, 11) is 0. The van der Waals surface area contributed by atoms with Crippen molar-refractivity contribution in [3.05, 3.63) is 65.2 Å². The van der Waals surface area contributed by atoms with E-state index in [-0.39, 0.29) is 23.8 Å². The van der Waals surface area contributed by atoms with E-state index in [2.05, 4.69) is 5.32 Å². The molecule has 110 valence electrons. The van der Waals surface area contributed by atoms with E-state index in [1.165, 1.54) is 0 Å². The molecule has 4 heteroatoms. The van der Waals surface area contributed by atoms with Crippen molar-refractivity contribution < 1.29 is 9.90 Å². The highest BCUT2D eigenvalue weighted by Crippen LogP contribution is 2.24. The van der Waals surface area contributed by atoms with Crippen LogP contribution in [0.3, 0.4) is 0 Å². The Bertz CT molecular complexity index is 640. The minimum absolute atomic E-state index is 0.00225. The molecular formula is C17H20N2O2. The van der Waals surface area contributed by atoms with Crippen LogP contribution in [-0.4, -0.2) is 17.6 Å². The van der Waals surface area contributed by atoms with E-state index in [0.717, 1.165) is 5.56 Å². The molecule has 0 radical (unpaired) electrons. The van der Waals surface area contributed by atoms with Crippen molar-refractivity contribution in [3.8, 4) is 5.75 Å². The highest BCUT2D eigenvalue weighted by Gasteiger charge is 2.28. The molecule has 1 unspecified atom stereocenters. The van der Waals surface area contributed by atoms with Crippen LogP contribution in [0.15, 0.2) is 48.5 Å². The summed E-state index contributed by atoms with van der Waals surface area (Å²) < 4.78 is 0. The van der Waals surface area contributed by atoms with E-state index in [1.54, 1.807) is 25.1 Å². The Kier molecular flexibility index (Phi) is 4.29. The normalized spacial score (nSPS) is 13.5. The van der Waals surface area contributed by atoms with Gasteiger partial charge in [-0.25, -0.2) is 0 Å². The van der Waals surface area contributed by atoms with Gasteiger partial charge in [-0.05, 0) is 31.0 Å². The SMILES string of the molecule is Cc1cccc(C(=O)NC(C)(CN)c2ccccc2)c1O. The molecule has 0 spiro atoms. The van der Waals surface area contributed by atoms with Crippen LogP contribution in [0.1, 0.15) is 28.4 Å². The molecule has 21 heavy (non-hydrogen) atoms. The topological polar surface area (TPSA) is 75.4 Å². The van der Waals surface area contributed by atoms with Crippen molar-refractivity contribution in [1.82, 2.24) is 5.32 Å². The summed E-state index contributed by atoms with van der Waals surface area (Å²) in [6.45, 7) is 3.88. The second-order valence-corrected chi connectivity index (χ2v) is 5.33. The second-order valence-electron chi connectivity index (χ2n) is 5.33. The summed E-state index contributed by atoms with van der Waals surface area (Å²) in [4.78, 5) is 12.4. The number of amides is 1. The predicted octanol–water partition coefficient (Wildman–Crippen LogP) is 2.30. The van der Waals surface area contributed by atoms with Crippen LogP contribution < -0.4 is 11.1 Å². The molecule has 0 saturated carbocycles. The van der Waals surface area contributed by atoms with Crippen LogP contribution in [0.2, 0.25) is 0 Å². The predicted molar refractivity (Wildman–Crippen MR) is 83.2 cm³/mol. The molecule has 0 aliphatic carbocycles. The molecule has 0 saturated heterocycles. The maximum Gasteiger partial charge on any atom is 0.255 e. The average Bonchev–Trinajstić information content (AvgIpc) is 2.50. The number of carbonyl (C=O) groups excluding carboxylic acids is 1.